The van der Waals surface area contributed by atoms with Gasteiger partial charge in [-0.25, -0.2) is 0 Å². The van der Waals surface area contributed by atoms with Crippen molar-refractivity contribution in [1.29, 1.82) is 0 Å². The van der Waals surface area contributed by atoms with Crippen LogP contribution in [0.15, 0.2) is 23.3 Å². The summed E-state index contributed by atoms with van der Waals surface area (Å²) in [5, 5.41) is 10.9. The zero-order valence-electron chi connectivity index (χ0n) is 19.6. The van der Waals surface area contributed by atoms with Crippen molar-refractivity contribution in [2.45, 2.75) is 85.3 Å². The van der Waals surface area contributed by atoms with Crippen LogP contribution in [-0.4, -0.2) is 42.0 Å². The van der Waals surface area contributed by atoms with E-state index < -0.39 is 6.10 Å². The van der Waals surface area contributed by atoms with Crippen LogP contribution in [0.3, 0.4) is 0 Å². The number of aliphatic hydroxyl groups is 1. The molecule has 0 aromatic rings. The number of nitrogens with zero attached hydrogens (tertiary/aromatic N) is 1. The zero-order chi connectivity index (χ0) is 21.4. The molecule has 7 atom stereocenters. The smallest absolute Gasteiger partial charge is 0.136 e. The first kappa shape index (κ1) is 21.3. The Bertz CT molecular complexity index is 763. The zero-order valence-corrected chi connectivity index (χ0v) is 19.6. The van der Waals surface area contributed by atoms with Crippen molar-refractivity contribution in [3.63, 3.8) is 0 Å². The molecule has 162 valence electrons. The maximum atomic E-state index is 12.5. The molecule has 2 saturated carbocycles. The Hall–Kier alpha value is -0.930. The van der Waals surface area contributed by atoms with Gasteiger partial charge in [0.1, 0.15) is 5.78 Å². The number of rotatable bonds is 2. The lowest BCUT2D eigenvalue weighted by molar-refractivity contribution is -0.129. The Morgan fingerprint density at radius 1 is 1.07 bits per heavy atom. The predicted molar refractivity (Wildman–Crippen MR) is 118 cm³/mol. The summed E-state index contributed by atoms with van der Waals surface area (Å²) in [5.74, 6) is 1.01. The molecule has 0 aromatic heterocycles. The van der Waals surface area contributed by atoms with Gasteiger partial charge in [0.2, 0.25) is 0 Å². The van der Waals surface area contributed by atoms with Gasteiger partial charge in [0.25, 0.3) is 0 Å². The molecular weight excluding hydrogens is 358 g/mol. The Morgan fingerprint density at radius 3 is 2.34 bits per heavy atom. The number of fused-ring (bicyclic) bond motifs is 4. The summed E-state index contributed by atoms with van der Waals surface area (Å²) in [7, 11) is 4.46. The van der Waals surface area contributed by atoms with Crippen LogP contribution < -0.4 is 0 Å². The average molecular weight is 400 g/mol. The third-order valence-electron chi connectivity index (χ3n) is 10.0. The maximum absolute atomic E-state index is 12.5. The number of hydrogen-bond donors (Lipinski definition) is 1. The van der Waals surface area contributed by atoms with Crippen LogP contribution in [0.1, 0.15) is 73.1 Å². The van der Waals surface area contributed by atoms with Crippen LogP contribution in [0.5, 0.6) is 0 Å². The third kappa shape index (κ3) is 2.86. The summed E-state index contributed by atoms with van der Waals surface area (Å²) < 4.78 is 0. The van der Waals surface area contributed by atoms with Gasteiger partial charge in [0, 0.05) is 12.0 Å². The first-order valence-electron chi connectivity index (χ1n) is 11.7. The van der Waals surface area contributed by atoms with Gasteiger partial charge in [-0.1, -0.05) is 45.4 Å². The van der Waals surface area contributed by atoms with Gasteiger partial charge in [0.15, 0.2) is 0 Å². The monoisotopic (exact) mass is 399 g/mol. The quantitative estimate of drug-likeness (QED) is 0.710. The Kier molecular flexibility index (Phi) is 4.99. The maximum Gasteiger partial charge on any atom is 0.136 e. The van der Waals surface area contributed by atoms with Crippen LogP contribution in [0.2, 0.25) is 0 Å². The number of Topliss-reactive ketones (excluding diaryl/α,β-unsaturated/α-hetero) is 1. The molecule has 0 aliphatic heterocycles. The average Bonchev–Trinajstić information content (AvgIpc) is 2.71. The summed E-state index contributed by atoms with van der Waals surface area (Å²) in [5.41, 5.74) is 3.27. The Morgan fingerprint density at radius 2 is 1.72 bits per heavy atom. The van der Waals surface area contributed by atoms with Crippen LogP contribution in [0.4, 0.5) is 0 Å². The minimum atomic E-state index is -0.497. The summed E-state index contributed by atoms with van der Waals surface area (Å²) in [6, 6.07) is 0.620. The minimum Gasteiger partial charge on any atom is -0.392 e. The van der Waals surface area contributed by atoms with Crippen LogP contribution in [0.25, 0.3) is 0 Å². The standard InChI is InChI=1S/C26H41NO2/c1-16(28)23-21(29)15-26(5)20-10-9-19-17(14-18(20)12-13-25(23,26)4)8-11-22(27(6)7)24(19,2)3/h12,14,19-23,29H,8-11,13,15H2,1-7H3. The minimum absolute atomic E-state index is 0.0114. The molecule has 4 aliphatic carbocycles. The van der Waals surface area contributed by atoms with E-state index >= 15 is 0 Å². The van der Waals surface area contributed by atoms with Crippen LogP contribution in [-0.2, 0) is 4.79 Å². The molecule has 0 heterocycles. The molecule has 7 unspecified atom stereocenters. The summed E-state index contributed by atoms with van der Waals surface area (Å²) in [6.07, 6.45) is 11.0. The predicted octanol–water partition coefficient (Wildman–Crippen LogP) is 5.00. The molecule has 29 heavy (non-hydrogen) atoms. The molecule has 0 aromatic carbocycles. The van der Waals surface area contributed by atoms with E-state index in [-0.39, 0.29) is 27.9 Å². The molecule has 3 nitrogen and oxygen atoms in total. The second kappa shape index (κ2) is 6.79. The molecule has 2 fully saturated rings. The molecule has 4 aliphatic rings. The first-order valence-corrected chi connectivity index (χ1v) is 11.7. The molecule has 4 rings (SSSR count). The van der Waals surface area contributed by atoms with Crippen LogP contribution >= 0.6 is 0 Å². The number of carbonyl (C=O) groups excluding carboxylic acids is 1. The SMILES string of the molecule is CC(=O)C1C(O)CC2(C)C3CCC4C(=CC3=CCC12C)CCC(N(C)C)C4(C)C. The number of carbonyl (C=O) groups is 1. The normalized spacial score (nSPS) is 46.2. The van der Waals surface area contributed by atoms with Crippen molar-refractivity contribution in [1.82, 2.24) is 4.90 Å². The van der Waals surface area contributed by atoms with E-state index in [4.69, 9.17) is 0 Å². The molecule has 1 N–H and O–H groups in total. The third-order valence-corrected chi connectivity index (χ3v) is 10.0. The van der Waals surface area contributed by atoms with Crippen molar-refractivity contribution in [2.24, 2.45) is 34.0 Å². The Balaban J connectivity index is 1.72. The van der Waals surface area contributed by atoms with E-state index in [1.165, 1.54) is 31.3 Å². The van der Waals surface area contributed by atoms with Crippen molar-refractivity contribution in [3.8, 4) is 0 Å². The van der Waals surface area contributed by atoms with Gasteiger partial charge in [-0.3, -0.25) is 4.79 Å². The van der Waals surface area contributed by atoms with Crippen molar-refractivity contribution in [3.05, 3.63) is 23.3 Å². The second-order valence-corrected chi connectivity index (χ2v) is 11.8. The summed E-state index contributed by atoms with van der Waals surface area (Å²) in [4.78, 5) is 14.9. The lowest BCUT2D eigenvalue weighted by Crippen LogP contribution is -2.49. The summed E-state index contributed by atoms with van der Waals surface area (Å²) >= 11 is 0. The number of ketones is 1. The highest BCUT2D eigenvalue weighted by Crippen LogP contribution is 2.67. The number of allylic oxidation sites excluding steroid dienone is 4. The second-order valence-electron chi connectivity index (χ2n) is 11.8. The topological polar surface area (TPSA) is 40.5 Å². The van der Waals surface area contributed by atoms with E-state index in [0.29, 0.717) is 17.9 Å². The highest BCUT2D eigenvalue weighted by atomic mass is 16.3. The lowest BCUT2D eigenvalue weighted by Gasteiger charge is -2.52. The lowest BCUT2D eigenvalue weighted by atomic mass is 9.52. The van der Waals surface area contributed by atoms with E-state index in [0.717, 1.165) is 12.8 Å². The van der Waals surface area contributed by atoms with Gasteiger partial charge in [-0.15, -0.1) is 0 Å². The summed E-state index contributed by atoms with van der Waals surface area (Å²) in [6.45, 7) is 11.3. The first-order chi connectivity index (χ1) is 13.4. The molecule has 0 spiro atoms. The molecule has 0 radical (unpaired) electrons. The van der Waals surface area contributed by atoms with Gasteiger partial charge < -0.3 is 10.0 Å². The number of hydrogen-bond acceptors (Lipinski definition) is 3. The van der Waals surface area contributed by atoms with Gasteiger partial charge in [-0.2, -0.15) is 0 Å². The fourth-order valence-electron chi connectivity index (χ4n) is 8.43. The van der Waals surface area contributed by atoms with Gasteiger partial charge in [-0.05, 0) is 93.2 Å². The van der Waals surface area contributed by atoms with Gasteiger partial charge >= 0.3 is 0 Å². The van der Waals surface area contributed by atoms with Gasteiger partial charge in [0.05, 0.1) is 6.10 Å². The van der Waals surface area contributed by atoms with E-state index in [9.17, 15) is 9.90 Å². The van der Waals surface area contributed by atoms with E-state index in [2.05, 4.69) is 58.8 Å². The molecule has 3 heteroatoms. The largest absolute Gasteiger partial charge is 0.392 e. The highest BCUT2D eigenvalue weighted by molar-refractivity contribution is 5.80. The molecular formula is C26H41NO2. The van der Waals surface area contributed by atoms with Crippen LogP contribution in [0, 0.1) is 34.0 Å². The Labute approximate surface area is 177 Å². The van der Waals surface area contributed by atoms with E-state index in [1.807, 2.05) is 0 Å². The number of aliphatic hydroxyl groups excluding tert-OH is 1. The highest BCUT2D eigenvalue weighted by Gasteiger charge is 2.64. The molecule has 0 saturated heterocycles. The van der Waals surface area contributed by atoms with Crippen molar-refractivity contribution in [2.75, 3.05) is 14.1 Å². The fraction of sp³-hybridized carbons (Fsp3) is 0.808. The fourth-order valence-corrected chi connectivity index (χ4v) is 8.43. The van der Waals surface area contributed by atoms with E-state index in [1.54, 1.807) is 12.5 Å². The molecule has 0 amide bonds. The van der Waals surface area contributed by atoms with Crippen molar-refractivity contribution >= 4 is 5.78 Å². The molecule has 0 bridgehead atoms. The van der Waals surface area contributed by atoms with Crippen molar-refractivity contribution < 1.29 is 9.90 Å².